The van der Waals surface area contributed by atoms with Crippen molar-refractivity contribution < 1.29 is 37.1 Å². The van der Waals surface area contributed by atoms with Crippen LogP contribution in [0.1, 0.15) is 44.9 Å². The molecule has 3 heterocycles. The van der Waals surface area contributed by atoms with Crippen molar-refractivity contribution in [2.45, 2.75) is 73.9 Å². The molecule has 1 saturated heterocycles. The molecule has 7 rings (SSSR count). The van der Waals surface area contributed by atoms with Crippen LogP contribution in [0.4, 0.5) is 4.79 Å². The minimum absolute atomic E-state index is 0.00849. The molecule has 1 aromatic heterocycles. The Morgan fingerprint density at radius 3 is 2.59 bits per heavy atom. The third kappa shape index (κ3) is 7.16. The van der Waals surface area contributed by atoms with Gasteiger partial charge in [-0.15, -0.1) is 0 Å². The van der Waals surface area contributed by atoms with Gasteiger partial charge in [0.05, 0.1) is 30.1 Å². The fourth-order valence-corrected chi connectivity index (χ4v) is 8.37. The largest absolute Gasteiger partial charge is 0.497 e. The fraction of sp³-hybridized carbons (Fsp3) is 0.417. The van der Waals surface area contributed by atoms with Crippen LogP contribution in [0.3, 0.4) is 0 Å². The minimum Gasteiger partial charge on any atom is -0.497 e. The number of nitrogens with zero attached hydrogens (tertiary/aromatic N) is 2. The highest BCUT2D eigenvalue weighted by atomic mass is 32.2. The highest BCUT2D eigenvalue weighted by Crippen LogP contribution is 2.46. The number of amides is 4. The Kier molecular flexibility index (Phi) is 9.25. The fourth-order valence-electron chi connectivity index (χ4n) is 7.01. The molecular formula is C36H38BN5O8S. The van der Waals surface area contributed by atoms with Crippen molar-refractivity contribution in [3.05, 3.63) is 66.7 Å². The second kappa shape index (κ2) is 13.7. The van der Waals surface area contributed by atoms with Crippen LogP contribution >= 0.6 is 0 Å². The molecule has 13 nitrogen and oxygen atoms in total. The number of methoxy groups -OCH3 is 1. The number of allylic oxidation sites excluding steroid dienone is 1. The number of ether oxygens (including phenoxy) is 2. The number of rotatable bonds is 8. The Balaban J connectivity index is 1.22. The number of hydrogen-bond donors (Lipinski definition) is 3. The van der Waals surface area contributed by atoms with Crippen LogP contribution in [0, 0.1) is 5.92 Å². The number of sulfonamides is 1. The van der Waals surface area contributed by atoms with Gasteiger partial charge >= 0.3 is 0 Å². The van der Waals surface area contributed by atoms with E-state index in [9.17, 15) is 27.6 Å². The lowest BCUT2D eigenvalue weighted by Gasteiger charge is -2.29. The van der Waals surface area contributed by atoms with Gasteiger partial charge < -0.3 is 25.0 Å². The van der Waals surface area contributed by atoms with Crippen LogP contribution in [-0.4, -0.2) is 92.3 Å². The highest BCUT2D eigenvalue weighted by molar-refractivity contribution is 7.91. The molecule has 2 aliphatic heterocycles. The standard InChI is InChI=1S/C36H38BN5O8S/c1-49-23-12-15-26-29(16-23)38-28(21-8-4-2-5-9-21)18-31(26)50-24-17-30-32(43)40-36(34(45)41-51(47,48)25-13-14-25)19-22(36)10-6-3-7-11-27(39-35(37)46)33(44)42(30)20-24/h2,4-6,8-10,12,15-16,18,22,24-25,27,30H,3,7,11,13-14,17,19-20H2,1H3,(H,39,46)(H,40,43)(H,41,45)/t22?,24-,27+,30+,36-/m1/s1. The van der Waals surface area contributed by atoms with Crippen molar-refractivity contribution in [1.29, 1.82) is 0 Å². The summed E-state index contributed by atoms with van der Waals surface area (Å²) in [7, 11) is 3.15. The average molecular weight is 712 g/mol. The van der Waals surface area contributed by atoms with Crippen LogP contribution in [0.2, 0.25) is 0 Å². The van der Waals surface area contributed by atoms with Crippen molar-refractivity contribution in [2.75, 3.05) is 13.7 Å². The molecule has 15 heteroatoms. The van der Waals surface area contributed by atoms with Crippen molar-refractivity contribution in [2.24, 2.45) is 5.92 Å². The molecule has 3 aromatic rings. The van der Waals surface area contributed by atoms with Gasteiger partial charge in [-0.25, -0.2) is 13.4 Å². The van der Waals surface area contributed by atoms with E-state index in [2.05, 4.69) is 15.4 Å². The number of carbonyl (C=O) groups excluding carboxylic acids is 4. The van der Waals surface area contributed by atoms with Gasteiger partial charge in [-0.2, -0.15) is 0 Å². The zero-order chi connectivity index (χ0) is 35.9. The normalized spacial score (nSPS) is 26.4. The number of fused-ring (bicyclic) bond motifs is 3. The minimum atomic E-state index is -3.88. The molecule has 3 fully saturated rings. The van der Waals surface area contributed by atoms with Gasteiger partial charge in [0.25, 0.3) is 5.91 Å². The van der Waals surface area contributed by atoms with Crippen LogP contribution in [-0.2, 0) is 24.4 Å². The van der Waals surface area contributed by atoms with Crippen LogP contribution < -0.4 is 24.8 Å². The molecule has 0 spiro atoms. The van der Waals surface area contributed by atoms with E-state index in [1.165, 1.54) is 4.90 Å². The number of benzene rings is 2. The average Bonchev–Trinajstić information content (AvgIpc) is 4.04. The summed E-state index contributed by atoms with van der Waals surface area (Å²) in [5.74, 6) is -2.16. The summed E-state index contributed by atoms with van der Waals surface area (Å²) < 4.78 is 39.7. The van der Waals surface area contributed by atoms with E-state index in [0.717, 1.165) is 5.56 Å². The molecule has 2 aliphatic carbocycles. The summed E-state index contributed by atoms with van der Waals surface area (Å²) in [5.41, 5.74) is 0.629. The number of aromatic nitrogens is 1. The smallest absolute Gasteiger partial charge is 0.259 e. The second-order valence-corrected chi connectivity index (χ2v) is 15.6. The Morgan fingerprint density at radius 2 is 1.86 bits per heavy atom. The first-order valence-corrected chi connectivity index (χ1v) is 18.6. The molecule has 2 saturated carbocycles. The molecule has 51 heavy (non-hydrogen) atoms. The van der Waals surface area contributed by atoms with E-state index in [-0.39, 0.29) is 25.8 Å². The zero-order valence-electron chi connectivity index (χ0n) is 28.0. The van der Waals surface area contributed by atoms with Gasteiger partial charge in [-0.3, -0.25) is 23.9 Å². The van der Waals surface area contributed by atoms with E-state index < -0.39 is 68.4 Å². The van der Waals surface area contributed by atoms with Crippen LogP contribution in [0.5, 0.6) is 11.5 Å². The maximum atomic E-state index is 14.2. The molecular weight excluding hydrogens is 673 g/mol. The van der Waals surface area contributed by atoms with E-state index in [1.54, 1.807) is 25.3 Å². The summed E-state index contributed by atoms with van der Waals surface area (Å²) in [6.07, 6.45) is 5.45. The van der Waals surface area contributed by atoms with Gasteiger partial charge in [0.15, 0.2) is 5.81 Å². The molecule has 2 aromatic carbocycles. The first kappa shape index (κ1) is 34.5. The predicted octanol–water partition coefficient (Wildman–Crippen LogP) is 2.73. The third-order valence-corrected chi connectivity index (χ3v) is 11.8. The van der Waals surface area contributed by atoms with E-state index in [4.69, 9.17) is 22.3 Å². The zero-order valence-corrected chi connectivity index (χ0v) is 28.9. The van der Waals surface area contributed by atoms with Crippen molar-refractivity contribution in [1.82, 2.24) is 25.2 Å². The highest BCUT2D eigenvalue weighted by Gasteiger charge is 2.62. The summed E-state index contributed by atoms with van der Waals surface area (Å²) >= 11 is 0. The monoisotopic (exact) mass is 711 g/mol. The van der Waals surface area contributed by atoms with Gasteiger partial charge in [-0.05, 0) is 50.7 Å². The lowest BCUT2D eigenvalue weighted by molar-refractivity contribution is -0.141. The SMILES string of the molecule is [B]C(=O)N[C@H]1CCCC=CC2C[C@@]2(C(=O)NS(=O)(=O)C2CC2)NC(=O)[C@@H]2C[C@@H](Oc3cc(-c4ccccc4)nc4cc(OC)ccc34)CN2C1=O. The summed E-state index contributed by atoms with van der Waals surface area (Å²) in [4.78, 5) is 60.1. The quantitative estimate of drug-likeness (QED) is 0.235. The molecule has 1 unspecified atom stereocenters. The molecule has 3 N–H and O–H groups in total. The second-order valence-electron chi connectivity index (χ2n) is 13.6. The summed E-state index contributed by atoms with van der Waals surface area (Å²) in [6.45, 7) is -0.00849. The molecule has 4 aliphatic rings. The Morgan fingerprint density at radius 1 is 1.08 bits per heavy atom. The van der Waals surface area contributed by atoms with Gasteiger partial charge in [0, 0.05) is 35.4 Å². The lowest BCUT2D eigenvalue weighted by atomic mass is 10.0. The van der Waals surface area contributed by atoms with Gasteiger partial charge in [0.1, 0.15) is 35.2 Å². The number of pyridine rings is 1. The van der Waals surface area contributed by atoms with E-state index >= 15 is 0 Å². The van der Waals surface area contributed by atoms with Crippen molar-refractivity contribution in [3.8, 4) is 22.8 Å². The van der Waals surface area contributed by atoms with Gasteiger partial charge in [0.2, 0.25) is 29.7 Å². The van der Waals surface area contributed by atoms with Crippen molar-refractivity contribution in [3.63, 3.8) is 0 Å². The Hall–Kier alpha value is -4.92. The number of nitrogens with one attached hydrogen (secondary N) is 3. The number of carbonyl (C=O) groups is 4. The lowest BCUT2D eigenvalue weighted by Crippen LogP contribution is -2.58. The third-order valence-electron chi connectivity index (χ3n) is 10.0. The maximum Gasteiger partial charge on any atom is 0.259 e. The first-order chi connectivity index (χ1) is 24.5. The van der Waals surface area contributed by atoms with Gasteiger partial charge in [-0.1, -0.05) is 42.5 Å². The summed E-state index contributed by atoms with van der Waals surface area (Å²) in [5, 5.41) is 5.44. The van der Waals surface area contributed by atoms with Crippen molar-refractivity contribution >= 4 is 52.3 Å². The predicted molar refractivity (Wildman–Crippen MR) is 188 cm³/mol. The molecule has 4 amide bonds. The van der Waals surface area contributed by atoms with E-state index in [1.807, 2.05) is 48.5 Å². The summed E-state index contributed by atoms with van der Waals surface area (Å²) in [6, 6.07) is 14.7. The molecule has 0 bridgehead atoms. The number of hydrogen-bond acceptors (Lipinski definition) is 9. The topological polar surface area (TPSA) is 173 Å². The Bertz CT molecular complexity index is 2020. The maximum absolute atomic E-state index is 14.2. The molecule has 5 atom stereocenters. The molecule has 264 valence electrons. The first-order valence-electron chi connectivity index (χ1n) is 17.1. The van der Waals surface area contributed by atoms with E-state index in [0.29, 0.717) is 53.8 Å². The molecule has 2 radical (unpaired) electrons. The van der Waals surface area contributed by atoms with Crippen LogP contribution in [0.25, 0.3) is 22.2 Å². The van der Waals surface area contributed by atoms with Crippen LogP contribution in [0.15, 0.2) is 66.7 Å². The Labute approximate surface area is 297 Å².